The molecule has 0 atom stereocenters. The van der Waals surface area contributed by atoms with Crippen molar-refractivity contribution in [3.8, 4) is 5.75 Å². The van der Waals surface area contributed by atoms with Crippen LogP contribution in [0, 0.1) is 0 Å². The molecule has 2 heterocycles. The zero-order chi connectivity index (χ0) is 14.8. The van der Waals surface area contributed by atoms with E-state index in [2.05, 4.69) is 9.97 Å². The topological polar surface area (TPSA) is 40.8 Å². The molecule has 3 rings (SSSR count). The molecule has 0 unspecified atom stereocenters. The summed E-state index contributed by atoms with van der Waals surface area (Å²) in [5, 5.41) is 1.01. The van der Waals surface area contributed by atoms with Crippen LogP contribution in [0.4, 0.5) is 0 Å². The van der Waals surface area contributed by atoms with Crippen LogP contribution in [-0.2, 0) is 0 Å². The van der Waals surface area contributed by atoms with Crippen molar-refractivity contribution in [1.82, 2.24) is 9.97 Å². The van der Waals surface area contributed by atoms with Gasteiger partial charge in [-0.3, -0.25) is 0 Å². The maximum atomic E-state index is 6.27. The number of H-pyrrole nitrogens is 2. The number of rotatable bonds is 4. The van der Waals surface area contributed by atoms with Gasteiger partial charge in [0, 0.05) is 23.8 Å². The van der Waals surface area contributed by atoms with Gasteiger partial charge in [-0.05, 0) is 42.0 Å². The second kappa shape index (κ2) is 5.88. The summed E-state index contributed by atoms with van der Waals surface area (Å²) in [6.45, 7) is 0. The van der Waals surface area contributed by atoms with E-state index < -0.39 is 0 Å². The van der Waals surface area contributed by atoms with E-state index >= 15 is 0 Å². The lowest BCUT2D eigenvalue weighted by atomic mass is 9.92. The van der Waals surface area contributed by atoms with Crippen LogP contribution < -0.4 is 4.74 Å². The van der Waals surface area contributed by atoms with Crippen molar-refractivity contribution in [3.05, 3.63) is 75.8 Å². The highest BCUT2D eigenvalue weighted by Gasteiger charge is 2.21. The van der Waals surface area contributed by atoms with Crippen LogP contribution in [-0.4, -0.2) is 17.1 Å². The smallest absolute Gasteiger partial charge is 0.156 e. The third-order valence-electron chi connectivity index (χ3n) is 3.42. The van der Waals surface area contributed by atoms with Gasteiger partial charge < -0.3 is 14.7 Å². The van der Waals surface area contributed by atoms with Gasteiger partial charge in [-0.15, -0.1) is 0 Å². The maximum Gasteiger partial charge on any atom is 0.156 e. The van der Waals surface area contributed by atoms with Gasteiger partial charge in [-0.2, -0.15) is 0 Å². The Balaban J connectivity index is 2.14. The minimum absolute atomic E-state index is 0.0101. The lowest BCUT2D eigenvalue weighted by molar-refractivity contribution is 0.415. The fourth-order valence-corrected chi connectivity index (χ4v) is 3.17. The number of hydrogen-bond acceptors (Lipinski definition) is 1. The molecular weight excluding hydrogens is 307 g/mol. The zero-order valence-electron chi connectivity index (χ0n) is 11.4. The molecule has 0 bridgehead atoms. The summed E-state index contributed by atoms with van der Waals surface area (Å²) < 4.78 is 5.21. The van der Waals surface area contributed by atoms with E-state index in [4.69, 9.17) is 27.9 Å². The molecule has 0 amide bonds. The Morgan fingerprint density at radius 1 is 0.952 bits per heavy atom. The summed E-state index contributed by atoms with van der Waals surface area (Å²) in [6, 6.07) is 11.8. The average molecular weight is 321 g/mol. The van der Waals surface area contributed by atoms with Gasteiger partial charge >= 0.3 is 0 Å². The molecule has 0 aliphatic heterocycles. The number of aromatic nitrogens is 2. The van der Waals surface area contributed by atoms with E-state index in [1.807, 2.05) is 48.8 Å². The number of hydrogen-bond donors (Lipinski definition) is 2. The SMILES string of the molecule is COc1c(Cl)cc(C(c2ccc[nH]2)c2ccc[nH]2)cc1Cl. The summed E-state index contributed by atoms with van der Waals surface area (Å²) in [5.41, 5.74) is 3.13. The van der Waals surface area contributed by atoms with E-state index in [1.54, 1.807) is 7.11 Å². The van der Waals surface area contributed by atoms with Crippen LogP contribution in [0.25, 0.3) is 0 Å². The average Bonchev–Trinajstić information content (AvgIpc) is 3.12. The van der Waals surface area contributed by atoms with Crippen molar-refractivity contribution >= 4 is 23.2 Å². The first-order valence-electron chi connectivity index (χ1n) is 6.50. The molecule has 1 aromatic carbocycles. The Morgan fingerprint density at radius 3 is 1.86 bits per heavy atom. The Hall–Kier alpha value is -1.84. The molecule has 0 saturated carbocycles. The Labute approximate surface area is 132 Å². The summed E-state index contributed by atoms with van der Waals surface area (Å²) in [4.78, 5) is 6.51. The zero-order valence-corrected chi connectivity index (χ0v) is 12.9. The Kier molecular flexibility index (Phi) is 3.95. The van der Waals surface area contributed by atoms with Crippen LogP contribution >= 0.6 is 23.2 Å². The van der Waals surface area contributed by atoms with Crippen LogP contribution in [0.15, 0.2) is 48.8 Å². The first kappa shape index (κ1) is 14.1. The number of nitrogens with one attached hydrogen (secondary N) is 2. The van der Waals surface area contributed by atoms with E-state index in [1.165, 1.54) is 0 Å². The largest absolute Gasteiger partial charge is 0.494 e. The first-order chi connectivity index (χ1) is 10.2. The molecule has 108 valence electrons. The summed E-state index contributed by atoms with van der Waals surface area (Å²) >= 11 is 12.5. The lowest BCUT2D eigenvalue weighted by Crippen LogP contribution is -2.05. The van der Waals surface area contributed by atoms with Gasteiger partial charge in [0.15, 0.2) is 5.75 Å². The summed E-state index contributed by atoms with van der Waals surface area (Å²) in [5.74, 6) is 0.509. The van der Waals surface area contributed by atoms with E-state index in [0.717, 1.165) is 17.0 Å². The fraction of sp³-hybridized carbons (Fsp3) is 0.125. The van der Waals surface area contributed by atoms with Gasteiger partial charge in [-0.25, -0.2) is 0 Å². The van der Waals surface area contributed by atoms with Crippen molar-refractivity contribution < 1.29 is 4.74 Å². The first-order valence-corrected chi connectivity index (χ1v) is 7.26. The molecule has 0 spiro atoms. The second-order valence-corrected chi connectivity index (χ2v) is 5.52. The van der Waals surface area contributed by atoms with Crippen molar-refractivity contribution in [3.63, 3.8) is 0 Å². The lowest BCUT2D eigenvalue weighted by Gasteiger charge is -2.17. The molecule has 5 heteroatoms. The Bertz CT molecular complexity index is 664. The maximum absolute atomic E-state index is 6.27. The van der Waals surface area contributed by atoms with E-state index in [-0.39, 0.29) is 5.92 Å². The fourth-order valence-electron chi connectivity index (χ4n) is 2.52. The number of halogens is 2. The van der Waals surface area contributed by atoms with Gasteiger partial charge in [0.25, 0.3) is 0 Å². The number of benzene rings is 1. The number of ether oxygens (including phenoxy) is 1. The number of methoxy groups -OCH3 is 1. The molecule has 0 saturated heterocycles. The highest BCUT2D eigenvalue weighted by molar-refractivity contribution is 6.37. The van der Waals surface area contributed by atoms with Crippen LogP contribution in [0.5, 0.6) is 5.75 Å². The van der Waals surface area contributed by atoms with Crippen LogP contribution in [0.1, 0.15) is 22.9 Å². The highest BCUT2D eigenvalue weighted by atomic mass is 35.5. The van der Waals surface area contributed by atoms with Crippen molar-refractivity contribution in [2.45, 2.75) is 5.92 Å². The molecule has 2 aromatic heterocycles. The molecular formula is C16H14Cl2N2O. The standard InChI is InChI=1S/C16H14Cl2N2O/c1-21-16-11(17)8-10(9-12(16)18)15(13-4-2-6-19-13)14-5-3-7-20-14/h2-9,15,19-20H,1H3. The van der Waals surface area contributed by atoms with Crippen molar-refractivity contribution in [1.29, 1.82) is 0 Å². The quantitative estimate of drug-likeness (QED) is 0.709. The number of aromatic amines is 2. The highest BCUT2D eigenvalue weighted by Crippen LogP contribution is 2.39. The van der Waals surface area contributed by atoms with E-state index in [9.17, 15) is 0 Å². The third kappa shape index (κ3) is 2.67. The normalized spacial score (nSPS) is 11.0. The van der Waals surface area contributed by atoms with E-state index in [0.29, 0.717) is 15.8 Å². The molecule has 2 N–H and O–H groups in total. The molecule has 3 nitrogen and oxygen atoms in total. The van der Waals surface area contributed by atoms with Crippen LogP contribution in [0.3, 0.4) is 0 Å². The molecule has 0 radical (unpaired) electrons. The van der Waals surface area contributed by atoms with Crippen molar-refractivity contribution in [2.75, 3.05) is 7.11 Å². The monoisotopic (exact) mass is 320 g/mol. The summed E-state index contributed by atoms with van der Waals surface area (Å²) in [6.07, 6.45) is 3.80. The Morgan fingerprint density at radius 2 is 1.48 bits per heavy atom. The second-order valence-electron chi connectivity index (χ2n) is 4.70. The molecule has 0 aliphatic rings. The summed E-state index contributed by atoms with van der Waals surface area (Å²) in [7, 11) is 1.56. The molecule has 0 aliphatic carbocycles. The van der Waals surface area contributed by atoms with Gasteiger partial charge in [-0.1, -0.05) is 23.2 Å². The molecule has 3 aromatic rings. The van der Waals surface area contributed by atoms with Crippen molar-refractivity contribution in [2.24, 2.45) is 0 Å². The van der Waals surface area contributed by atoms with Crippen LogP contribution in [0.2, 0.25) is 10.0 Å². The third-order valence-corrected chi connectivity index (χ3v) is 3.99. The predicted octanol–water partition coefficient (Wildman–Crippen LogP) is 4.84. The predicted molar refractivity (Wildman–Crippen MR) is 85.5 cm³/mol. The molecule has 0 fully saturated rings. The van der Waals surface area contributed by atoms with Gasteiger partial charge in [0.05, 0.1) is 23.1 Å². The molecule has 21 heavy (non-hydrogen) atoms. The van der Waals surface area contributed by atoms with Gasteiger partial charge in [0.1, 0.15) is 0 Å². The minimum Gasteiger partial charge on any atom is -0.494 e. The van der Waals surface area contributed by atoms with Gasteiger partial charge in [0.2, 0.25) is 0 Å². The minimum atomic E-state index is 0.0101.